The van der Waals surface area contributed by atoms with Gasteiger partial charge in [0.25, 0.3) is 0 Å². The van der Waals surface area contributed by atoms with Gasteiger partial charge in [0.1, 0.15) is 23.4 Å². The number of nitrogens with zero attached hydrogens (tertiary/aromatic N) is 3. The van der Waals surface area contributed by atoms with Crippen LogP contribution in [0.1, 0.15) is 18.9 Å². The lowest BCUT2D eigenvalue weighted by molar-refractivity contribution is -0.118. The number of halogens is 1. The third-order valence-corrected chi connectivity index (χ3v) is 5.91. The Balaban J connectivity index is 1.86. The van der Waals surface area contributed by atoms with E-state index < -0.39 is 11.9 Å². The number of benzene rings is 2. The van der Waals surface area contributed by atoms with Gasteiger partial charge >= 0.3 is 0 Å². The molecular weight excluding hydrogens is 450 g/mol. The van der Waals surface area contributed by atoms with Crippen molar-refractivity contribution in [1.82, 2.24) is 9.97 Å². The van der Waals surface area contributed by atoms with Gasteiger partial charge in [-0.2, -0.15) is 5.26 Å². The summed E-state index contributed by atoms with van der Waals surface area (Å²) in [5.74, 6) is 0.0971. The Morgan fingerprint density at radius 2 is 1.94 bits per heavy atom. The molecule has 8 heteroatoms. The summed E-state index contributed by atoms with van der Waals surface area (Å²) in [4.78, 5) is 20.8. The number of hydrogen-bond donors (Lipinski definition) is 2. The van der Waals surface area contributed by atoms with Crippen LogP contribution in [0.15, 0.2) is 60.9 Å². The van der Waals surface area contributed by atoms with Gasteiger partial charge in [-0.1, -0.05) is 54.9 Å². The van der Waals surface area contributed by atoms with Gasteiger partial charge in [0.05, 0.1) is 35.2 Å². The van der Waals surface area contributed by atoms with E-state index in [2.05, 4.69) is 16.4 Å². The van der Waals surface area contributed by atoms with Crippen LogP contribution < -0.4 is 15.8 Å². The number of nitriles is 1. The maximum atomic E-state index is 11.9. The van der Waals surface area contributed by atoms with Crippen LogP contribution in [0.2, 0.25) is 5.02 Å². The Labute approximate surface area is 202 Å². The summed E-state index contributed by atoms with van der Waals surface area (Å²) in [6, 6.07) is 16.6. The lowest BCUT2D eigenvalue weighted by atomic mass is 9.98. The second-order valence-corrected chi connectivity index (χ2v) is 8.03. The van der Waals surface area contributed by atoms with Gasteiger partial charge in [0.2, 0.25) is 5.91 Å². The lowest BCUT2D eigenvalue weighted by Gasteiger charge is -2.19. The number of ether oxygens (including phenoxy) is 1. The van der Waals surface area contributed by atoms with Crippen molar-refractivity contribution in [2.45, 2.75) is 19.4 Å². The largest absolute Gasteiger partial charge is 0.495 e. The minimum Gasteiger partial charge on any atom is -0.495 e. The molecule has 0 fully saturated rings. The predicted octanol–water partition coefficient (Wildman–Crippen LogP) is 5.17. The normalized spacial score (nSPS) is 11.6. The first-order chi connectivity index (χ1) is 16.5. The van der Waals surface area contributed by atoms with Crippen LogP contribution in [0.3, 0.4) is 0 Å². The van der Waals surface area contributed by atoms with Gasteiger partial charge in [0, 0.05) is 22.7 Å². The third kappa shape index (κ3) is 4.24. The first kappa shape index (κ1) is 23.0. The van der Waals surface area contributed by atoms with Gasteiger partial charge in [-0.25, -0.2) is 4.98 Å². The fraction of sp³-hybridized carbons (Fsp3) is 0.154. The molecule has 0 radical (unpaired) electrons. The van der Waals surface area contributed by atoms with Gasteiger partial charge in [-0.15, -0.1) is 0 Å². The molecule has 3 N–H and O–H groups in total. The molecule has 0 bridgehead atoms. The number of pyridine rings is 2. The second kappa shape index (κ2) is 9.77. The number of methoxy groups -OCH3 is 1. The average molecular weight is 472 g/mol. The van der Waals surface area contributed by atoms with E-state index in [0.29, 0.717) is 45.0 Å². The molecule has 0 saturated carbocycles. The van der Waals surface area contributed by atoms with E-state index in [1.807, 2.05) is 43.3 Å². The summed E-state index contributed by atoms with van der Waals surface area (Å²) >= 11 is 6.28. The van der Waals surface area contributed by atoms with Gasteiger partial charge in [-0.05, 0) is 24.1 Å². The molecule has 0 aliphatic carbocycles. The Morgan fingerprint density at radius 3 is 2.59 bits per heavy atom. The highest BCUT2D eigenvalue weighted by atomic mass is 35.5. The zero-order valence-corrected chi connectivity index (χ0v) is 19.4. The Kier molecular flexibility index (Phi) is 6.62. The number of aromatic nitrogens is 2. The van der Waals surface area contributed by atoms with Gasteiger partial charge in [0.15, 0.2) is 0 Å². The fourth-order valence-corrected chi connectivity index (χ4v) is 4.14. The summed E-state index contributed by atoms with van der Waals surface area (Å²) in [6.45, 7) is 1.85. The number of primary amides is 1. The number of fused-ring (bicyclic) bond motifs is 1. The number of amides is 1. The summed E-state index contributed by atoms with van der Waals surface area (Å²) in [7, 11) is 1.58. The number of para-hydroxylation sites is 1. The zero-order chi connectivity index (χ0) is 24.2. The van der Waals surface area contributed by atoms with E-state index in [9.17, 15) is 10.1 Å². The van der Waals surface area contributed by atoms with Crippen LogP contribution in [0.25, 0.3) is 33.3 Å². The van der Waals surface area contributed by atoms with Crippen LogP contribution in [0, 0.1) is 11.3 Å². The molecule has 34 heavy (non-hydrogen) atoms. The Morgan fingerprint density at radius 1 is 1.21 bits per heavy atom. The Bertz CT molecular complexity index is 1410. The van der Waals surface area contributed by atoms with Crippen molar-refractivity contribution in [2.75, 3.05) is 12.4 Å². The number of carbonyl (C=O) groups is 1. The molecule has 0 saturated heterocycles. The van der Waals surface area contributed by atoms with Crippen LogP contribution in [-0.4, -0.2) is 29.0 Å². The van der Waals surface area contributed by atoms with E-state index >= 15 is 0 Å². The zero-order valence-electron chi connectivity index (χ0n) is 18.7. The lowest BCUT2D eigenvalue weighted by Crippen LogP contribution is -2.35. The summed E-state index contributed by atoms with van der Waals surface area (Å²) in [5.41, 5.74) is 9.96. The van der Waals surface area contributed by atoms with Crippen molar-refractivity contribution < 1.29 is 9.53 Å². The molecule has 0 spiro atoms. The summed E-state index contributed by atoms with van der Waals surface area (Å²) in [5, 5.41) is 14.5. The molecule has 2 aromatic heterocycles. The van der Waals surface area contributed by atoms with E-state index in [1.54, 1.807) is 31.6 Å². The molecule has 4 aromatic rings. The van der Waals surface area contributed by atoms with Crippen molar-refractivity contribution in [2.24, 2.45) is 5.73 Å². The van der Waals surface area contributed by atoms with Crippen LogP contribution >= 0.6 is 11.6 Å². The SMILES string of the molecule is CC[C@@H](Nc1c(C#N)c(-c2ccc(-c3cccc(Cl)c3OC)cc2)nc2cnccc12)C(N)=O. The molecule has 0 aliphatic heterocycles. The van der Waals surface area contributed by atoms with E-state index in [-0.39, 0.29) is 0 Å². The van der Waals surface area contributed by atoms with E-state index in [1.165, 1.54) is 0 Å². The number of nitrogens with two attached hydrogens (primary N) is 1. The highest BCUT2D eigenvalue weighted by Gasteiger charge is 2.21. The van der Waals surface area contributed by atoms with Crippen molar-refractivity contribution >= 4 is 34.1 Å². The number of carbonyl (C=O) groups excluding carboxylic acids is 1. The van der Waals surface area contributed by atoms with Crippen molar-refractivity contribution in [3.8, 4) is 34.2 Å². The molecule has 2 aromatic carbocycles. The van der Waals surface area contributed by atoms with Crippen molar-refractivity contribution in [3.63, 3.8) is 0 Å². The minimum atomic E-state index is -0.628. The topological polar surface area (TPSA) is 114 Å². The van der Waals surface area contributed by atoms with Crippen molar-refractivity contribution in [1.29, 1.82) is 5.26 Å². The number of rotatable bonds is 7. The quantitative estimate of drug-likeness (QED) is 0.384. The van der Waals surface area contributed by atoms with E-state index in [0.717, 1.165) is 16.7 Å². The first-order valence-corrected chi connectivity index (χ1v) is 11.0. The first-order valence-electron chi connectivity index (χ1n) is 10.7. The second-order valence-electron chi connectivity index (χ2n) is 7.62. The number of nitrogens with one attached hydrogen (secondary N) is 1. The molecule has 4 rings (SSSR count). The molecule has 2 heterocycles. The maximum absolute atomic E-state index is 11.9. The standard InChI is InChI=1S/C26H22ClN5O2/c1-3-21(26(29)33)31-24-18-11-12-30-14-22(18)32-23(19(24)13-28)16-9-7-15(8-10-16)17-5-4-6-20(27)25(17)34-2/h4-12,14,21H,3H2,1-2H3,(H2,29,33)(H,31,32)/t21-/m1/s1. The maximum Gasteiger partial charge on any atom is 0.239 e. The van der Waals surface area contributed by atoms with E-state index in [4.69, 9.17) is 27.1 Å². The fourth-order valence-electron chi connectivity index (χ4n) is 3.88. The molecule has 0 unspecified atom stereocenters. The molecule has 0 aliphatic rings. The van der Waals surface area contributed by atoms with Crippen LogP contribution in [0.5, 0.6) is 5.75 Å². The molecular formula is C26H22ClN5O2. The molecule has 1 amide bonds. The van der Waals surface area contributed by atoms with Crippen LogP contribution in [-0.2, 0) is 4.79 Å². The smallest absolute Gasteiger partial charge is 0.239 e. The third-order valence-electron chi connectivity index (χ3n) is 5.61. The van der Waals surface area contributed by atoms with Gasteiger partial charge in [-0.3, -0.25) is 9.78 Å². The molecule has 7 nitrogen and oxygen atoms in total. The molecule has 170 valence electrons. The number of hydrogen-bond acceptors (Lipinski definition) is 6. The average Bonchev–Trinajstić information content (AvgIpc) is 2.86. The summed E-state index contributed by atoms with van der Waals surface area (Å²) < 4.78 is 5.47. The van der Waals surface area contributed by atoms with Gasteiger partial charge < -0.3 is 15.8 Å². The minimum absolute atomic E-state index is 0.325. The number of anilines is 1. The highest BCUT2D eigenvalue weighted by Crippen LogP contribution is 2.38. The monoisotopic (exact) mass is 471 g/mol. The Hall–Kier alpha value is -4.15. The summed E-state index contributed by atoms with van der Waals surface area (Å²) in [6.07, 6.45) is 3.72. The van der Waals surface area contributed by atoms with Crippen LogP contribution in [0.4, 0.5) is 5.69 Å². The molecule has 1 atom stereocenters. The van der Waals surface area contributed by atoms with Crippen molar-refractivity contribution in [3.05, 3.63) is 71.5 Å². The predicted molar refractivity (Wildman–Crippen MR) is 134 cm³/mol. The highest BCUT2D eigenvalue weighted by molar-refractivity contribution is 6.32.